The molecule has 0 aliphatic rings. The van der Waals surface area contributed by atoms with Gasteiger partial charge in [0.25, 0.3) is 0 Å². The van der Waals surface area contributed by atoms with Crippen molar-refractivity contribution in [1.29, 1.82) is 0 Å². The van der Waals surface area contributed by atoms with Crippen molar-refractivity contribution in [3.63, 3.8) is 0 Å². The molecule has 2 atom stereocenters. The number of rotatable bonds is 6. The third-order valence-corrected chi connectivity index (χ3v) is 3.50. The van der Waals surface area contributed by atoms with Gasteiger partial charge in [0.15, 0.2) is 0 Å². The summed E-state index contributed by atoms with van der Waals surface area (Å²) in [4.78, 5) is 4.47. The lowest BCUT2D eigenvalue weighted by molar-refractivity contribution is 0.196. The van der Waals surface area contributed by atoms with Gasteiger partial charge in [-0.3, -0.25) is 0 Å². The van der Waals surface area contributed by atoms with Crippen LogP contribution in [-0.4, -0.2) is 28.0 Å². The van der Waals surface area contributed by atoms with Crippen LogP contribution in [-0.2, 0) is 0 Å². The van der Waals surface area contributed by atoms with Crippen LogP contribution in [0.5, 0.6) is 0 Å². The highest BCUT2D eigenvalue weighted by Crippen LogP contribution is 2.24. The Morgan fingerprint density at radius 3 is 2.81 bits per heavy atom. The molecule has 0 saturated carbocycles. The second-order valence-electron chi connectivity index (χ2n) is 3.85. The Morgan fingerprint density at radius 1 is 1.44 bits per heavy atom. The third kappa shape index (κ3) is 4.41. The van der Waals surface area contributed by atoms with E-state index in [4.69, 9.17) is 0 Å². The minimum Gasteiger partial charge on any atom is -0.392 e. The summed E-state index contributed by atoms with van der Waals surface area (Å²) in [6.07, 6.45) is 0.766. The molecule has 0 spiro atoms. The number of hydrogen-bond acceptors (Lipinski definition) is 4. The smallest absolute Gasteiger partial charge is 0.127 e. The maximum atomic E-state index is 9.43. The van der Waals surface area contributed by atoms with Crippen LogP contribution in [0.1, 0.15) is 27.2 Å². The molecule has 1 rings (SSSR count). The summed E-state index contributed by atoms with van der Waals surface area (Å²) in [6.45, 7) is 6.87. The van der Waals surface area contributed by atoms with Crippen molar-refractivity contribution < 1.29 is 5.11 Å². The summed E-state index contributed by atoms with van der Waals surface area (Å²) in [7, 11) is 0. The first-order valence-electron chi connectivity index (χ1n) is 5.69. The van der Waals surface area contributed by atoms with E-state index >= 15 is 0 Å². The Bertz CT molecular complexity index is 318. The number of thioether (sulfide) groups is 1. The van der Waals surface area contributed by atoms with Gasteiger partial charge < -0.3 is 10.4 Å². The zero-order valence-corrected chi connectivity index (χ0v) is 10.9. The van der Waals surface area contributed by atoms with Crippen LogP contribution < -0.4 is 5.32 Å². The normalized spacial score (nSPS) is 14.5. The first-order chi connectivity index (χ1) is 7.63. The molecular formula is C12H20N2OS. The standard InChI is InChI=1S/C12H20N2OS/c1-4-8-13-11-6-5-7-12(14-11)16-10(3)9(2)15/h5-7,9-10,15H,4,8H2,1-3H3,(H,13,14). The quantitative estimate of drug-likeness (QED) is 0.751. The largest absolute Gasteiger partial charge is 0.392 e. The molecule has 4 heteroatoms. The number of aliphatic hydroxyl groups excluding tert-OH is 1. The monoisotopic (exact) mass is 240 g/mol. The van der Waals surface area contributed by atoms with Gasteiger partial charge in [-0.2, -0.15) is 0 Å². The molecule has 1 heterocycles. The Hall–Kier alpha value is -0.740. The Balaban J connectivity index is 2.59. The average molecular weight is 240 g/mol. The van der Waals surface area contributed by atoms with Crippen LogP contribution in [0.25, 0.3) is 0 Å². The molecule has 16 heavy (non-hydrogen) atoms. The van der Waals surface area contributed by atoms with E-state index in [1.54, 1.807) is 18.7 Å². The van der Waals surface area contributed by atoms with Gasteiger partial charge in [-0.1, -0.05) is 19.9 Å². The molecule has 0 amide bonds. The maximum absolute atomic E-state index is 9.43. The molecule has 0 aromatic carbocycles. The van der Waals surface area contributed by atoms with Gasteiger partial charge in [-0.15, -0.1) is 11.8 Å². The van der Waals surface area contributed by atoms with Crippen LogP contribution in [0.15, 0.2) is 23.2 Å². The number of aliphatic hydroxyl groups is 1. The summed E-state index contributed by atoms with van der Waals surface area (Å²) in [5.74, 6) is 0.907. The second-order valence-corrected chi connectivity index (χ2v) is 5.25. The van der Waals surface area contributed by atoms with E-state index in [0.29, 0.717) is 0 Å². The van der Waals surface area contributed by atoms with Gasteiger partial charge in [-0.05, 0) is 25.5 Å². The summed E-state index contributed by atoms with van der Waals surface area (Å²) in [5.41, 5.74) is 0. The highest BCUT2D eigenvalue weighted by Gasteiger charge is 2.11. The van der Waals surface area contributed by atoms with E-state index in [9.17, 15) is 5.11 Å². The van der Waals surface area contributed by atoms with Crippen LogP contribution in [0, 0.1) is 0 Å². The van der Waals surface area contributed by atoms with Gasteiger partial charge in [0.2, 0.25) is 0 Å². The SMILES string of the molecule is CCCNc1cccc(SC(C)C(C)O)n1. The van der Waals surface area contributed by atoms with Gasteiger partial charge in [0.1, 0.15) is 5.82 Å². The molecule has 0 saturated heterocycles. The maximum Gasteiger partial charge on any atom is 0.127 e. The Labute approximate surface area is 102 Å². The molecule has 2 unspecified atom stereocenters. The van der Waals surface area contributed by atoms with Crippen molar-refractivity contribution in [2.75, 3.05) is 11.9 Å². The molecule has 3 nitrogen and oxygen atoms in total. The molecule has 0 bridgehead atoms. The van der Waals surface area contributed by atoms with Crippen molar-refractivity contribution >= 4 is 17.6 Å². The van der Waals surface area contributed by atoms with Gasteiger partial charge >= 0.3 is 0 Å². The molecule has 90 valence electrons. The first-order valence-corrected chi connectivity index (χ1v) is 6.57. The van der Waals surface area contributed by atoms with Crippen molar-refractivity contribution in [1.82, 2.24) is 4.98 Å². The predicted octanol–water partition coefficient (Wildman–Crippen LogP) is 2.76. The Morgan fingerprint density at radius 2 is 2.19 bits per heavy atom. The summed E-state index contributed by atoms with van der Waals surface area (Å²) >= 11 is 1.60. The Kier molecular flexibility index (Phi) is 5.63. The number of nitrogens with zero attached hydrogens (tertiary/aromatic N) is 1. The van der Waals surface area contributed by atoms with Crippen LogP contribution in [0.2, 0.25) is 0 Å². The molecule has 1 aromatic heterocycles. The third-order valence-electron chi connectivity index (χ3n) is 2.27. The highest BCUT2D eigenvalue weighted by molar-refractivity contribution is 7.99. The fourth-order valence-corrected chi connectivity index (χ4v) is 2.01. The highest BCUT2D eigenvalue weighted by atomic mass is 32.2. The van der Waals surface area contributed by atoms with Gasteiger partial charge in [0, 0.05) is 11.8 Å². The van der Waals surface area contributed by atoms with E-state index < -0.39 is 0 Å². The molecule has 0 aliphatic heterocycles. The molecule has 0 fully saturated rings. The summed E-state index contributed by atoms with van der Waals surface area (Å²) in [5, 5.41) is 13.8. The topological polar surface area (TPSA) is 45.1 Å². The lowest BCUT2D eigenvalue weighted by atomic mass is 10.3. The minimum atomic E-state index is -0.320. The number of hydrogen-bond donors (Lipinski definition) is 2. The van der Waals surface area contributed by atoms with Gasteiger partial charge in [0.05, 0.1) is 11.1 Å². The fourth-order valence-electron chi connectivity index (χ4n) is 1.12. The number of nitrogens with one attached hydrogen (secondary N) is 1. The van der Waals surface area contributed by atoms with Gasteiger partial charge in [-0.25, -0.2) is 4.98 Å². The van der Waals surface area contributed by atoms with Crippen LogP contribution in [0.3, 0.4) is 0 Å². The number of pyridine rings is 1. The van der Waals surface area contributed by atoms with Crippen LogP contribution in [0.4, 0.5) is 5.82 Å². The fraction of sp³-hybridized carbons (Fsp3) is 0.583. The lowest BCUT2D eigenvalue weighted by Gasteiger charge is -2.13. The van der Waals surface area contributed by atoms with E-state index in [1.165, 1.54) is 0 Å². The zero-order valence-electron chi connectivity index (χ0n) is 10.1. The molecule has 0 aliphatic carbocycles. The molecular weight excluding hydrogens is 220 g/mol. The van der Waals surface area contributed by atoms with Crippen molar-refractivity contribution in [2.45, 2.75) is 43.6 Å². The lowest BCUT2D eigenvalue weighted by Crippen LogP contribution is -2.15. The van der Waals surface area contributed by atoms with Crippen molar-refractivity contribution in [3.05, 3.63) is 18.2 Å². The van der Waals surface area contributed by atoms with E-state index in [2.05, 4.69) is 17.2 Å². The summed E-state index contributed by atoms with van der Waals surface area (Å²) in [6, 6.07) is 5.93. The molecule has 2 N–H and O–H groups in total. The molecule has 0 radical (unpaired) electrons. The molecule has 1 aromatic rings. The van der Waals surface area contributed by atoms with E-state index in [-0.39, 0.29) is 11.4 Å². The second kappa shape index (κ2) is 6.76. The number of aromatic nitrogens is 1. The predicted molar refractivity (Wildman–Crippen MR) is 70.0 cm³/mol. The first kappa shape index (κ1) is 13.3. The summed E-state index contributed by atoms with van der Waals surface area (Å²) < 4.78 is 0. The number of anilines is 1. The zero-order chi connectivity index (χ0) is 12.0. The van der Waals surface area contributed by atoms with Crippen LogP contribution >= 0.6 is 11.8 Å². The minimum absolute atomic E-state index is 0.161. The van der Waals surface area contributed by atoms with E-state index in [0.717, 1.165) is 23.8 Å². The van der Waals surface area contributed by atoms with Crippen molar-refractivity contribution in [3.8, 4) is 0 Å². The van der Waals surface area contributed by atoms with E-state index in [1.807, 2.05) is 25.1 Å². The average Bonchev–Trinajstić information content (AvgIpc) is 2.26. The van der Waals surface area contributed by atoms with Crippen molar-refractivity contribution in [2.24, 2.45) is 0 Å².